The van der Waals surface area contributed by atoms with Crippen molar-refractivity contribution in [1.82, 2.24) is 19.9 Å². The van der Waals surface area contributed by atoms with E-state index in [0.717, 1.165) is 64.5 Å². The molecule has 4 aromatic heterocycles. The highest BCUT2D eigenvalue weighted by molar-refractivity contribution is 7.99. The second kappa shape index (κ2) is 9.91. The lowest BCUT2D eigenvalue weighted by Crippen LogP contribution is -2.27. The van der Waals surface area contributed by atoms with E-state index in [9.17, 15) is 13.2 Å². The number of carboxylic acid groups (broad SMARTS) is 1. The van der Waals surface area contributed by atoms with E-state index in [4.69, 9.17) is 41.6 Å². The van der Waals surface area contributed by atoms with Crippen LogP contribution in [0.25, 0.3) is 22.1 Å². The number of carboxylic acids is 1. The first kappa shape index (κ1) is 25.1. The number of aromatic nitrogens is 4. The summed E-state index contributed by atoms with van der Waals surface area (Å²) in [6.07, 6.45) is 0.0999. The Morgan fingerprint density at radius 3 is 2.80 bits per heavy atom. The molecule has 4 aromatic rings. The lowest BCUT2D eigenvalue weighted by Gasteiger charge is -2.18. The molecule has 0 aromatic carbocycles. The molecule has 0 bridgehead atoms. The molecule has 0 aliphatic carbocycles. The van der Waals surface area contributed by atoms with Crippen molar-refractivity contribution in [1.29, 1.82) is 0 Å². The molecule has 1 aliphatic rings. The van der Waals surface area contributed by atoms with Crippen molar-refractivity contribution in [2.24, 2.45) is 5.73 Å². The van der Waals surface area contributed by atoms with Crippen LogP contribution in [0.4, 0.5) is 19.0 Å². The van der Waals surface area contributed by atoms with Gasteiger partial charge in [-0.2, -0.15) is 13.2 Å². The molecule has 5 heterocycles. The van der Waals surface area contributed by atoms with E-state index in [-0.39, 0.29) is 6.04 Å². The van der Waals surface area contributed by atoms with Crippen LogP contribution in [0.2, 0.25) is 5.02 Å². The zero-order chi connectivity index (χ0) is 25.3. The number of rotatable bonds is 4. The van der Waals surface area contributed by atoms with Gasteiger partial charge in [0.25, 0.3) is 0 Å². The van der Waals surface area contributed by atoms with Crippen LogP contribution >= 0.6 is 23.4 Å². The number of aryl methyl sites for hydroxylation is 1. The highest BCUT2D eigenvalue weighted by Gasteiger charge is 2.38. The van der Waals surface area contributed by atoms with Crippen molar-refractivity contribution >= 4 is 57.3 Å². The average molecular weight is 529 g/mol. The van der Waals surface area contributed by atoms with Crippen LogP contribution in [-0.2, 0) is 11.2 Å². The van der Waals surface area contributed by atoms with Crippen molar-refractivity contribution in [3.8, 4) is 0 Å². The maximum atomic E-state index is 10.6. The minimum atomic E-state index is -5.08. The molecule has 1 atom stereocenters. The lowest BCUT2D eigenvalue weighted by molar-refractivity contribution is -0.192. The van der Waals surface area contributed by atoms with Crippen molar-refractivity contribution in [2.45, 2.75) is 42.0 Å². The average Bonchev–Trinajstić information content (AvgIpc) is 3.51. The van der Waals surface area contributed by atoms with Gasteiger partial charge in [0.1, 0.15) is 17.0 Å². The Kier molecular flexibility index (Phi) is 7.10. The largest absolute Gasteiger partial charge is 0.490 e. The molecule has 1 fully saturated rings. The van der Waals surface area contributed by atoms with E-state index in [1.165, 1.54) is 11.8 Å². The number of pyridine rings is 1. The first-order valence-electron chi connectivity index (χ1n) is 10.5. The number of nitrogens with zero attached hydrogens (tertiary/aromatic N) is 4. The maximum absolute atomic E-state index is 10.6. The molecular weight excluding hydrogens is 509 g/mol. The molecule has 0 radical (unpaired) electrons. The van der Waals surface area contributed by atoms with Crippen LogP contribution in [-0.4, -0.2) is 56.3 Å². The summed E-state index contributed by atoms with van der Waals surface area (Å²) in [6, 6.07) is 3.94. The fourth-order valence-electron chi connectivity index (χ4n) is 3.56. The molecule has 0 saturated carbocycles. The fourth-order valence-corrected chi connectivity index (χ4v) is 4.66. The number of nitrogens with two attached hydrogens (primary N) is 1. The van der Waals surface area contributed by atoms with Crippen molar-refractivity contribution < 1.29 is 27.5 Å². The second-order valence-electron chi connectivity index (χ2n) is 7.70. The van der Waals surface area contributed by atoms with Gasteiger partial charge in [-0.1, -0.05) is 18.5 Å². The molecule has 4 N–H and O–H groups in total. The molecule has 1 saturated heterocycles. The molecule has 35 heavy (non-hydrogen) atoms. The number of fused-ring (bicyclic) bond motifs is 2. The highest BCUT2D eigenvalue weighted by Crippen LogP contribution is 2.37. The molecular formula is C21H20ClF3N6O3S. The zero-order valence-corrected chi connectivity index (χ0v) is 19.8. The van der Waals surface area contributed by atoms with Gasteiger partial charge in [-0.3, -0.25) is 4.98 Å². The normalized spacial score (nSPS) is 16.1. The van der Waals surface area contributed by atoms with Crippen LogP contribution < -0.4 is 10.6 Å². The Balaban J connectivity index is 0.000000364. The predicted octanol–water partition coefficient (Wildman–Crippen LogP) is 4.64. The quantitative estimate of drug-likeness (QED) is 0.324. The Morgan fingerprint density at radius 1 is 1.43 bits per heavy atom. The molecule has 9 nitrogen and oxygen atoms in total. The van der Waals surface area contributed by atoms with Gasteiger partial charge in [0.2, 0.25) is 0 Å². The zero-order valence-electron chi connectivity index (χ0n) is 18.3. The number of aliphatic carboxylic acids is 1. The van der Waals surface area contributed by atoms with Crippen molar-refractivity contribution in [2.75, 3.05) is 18.0 Å². The maximum Gasteiger partial charge on any atom is 0.490 e. The second-order valence-corrected chi connectivity index (χ2v) is 9.12. The van der Waals surface area contributed by atoms with Gasteiger partial charge in [-0.05, 0) is 30.7 Å². The summed E-state index contributed by atoms with van der Waals surface area (Å²) < 4.78 is 37.2. The van der Waals surface area contributed by atoms with Gasteiger partial charge in [-0.25, -0.2) is 14.8 Å². The van der Waals surface area contributed by atoms with Crippen molar-refractivity contribution in [3.63, 3.8) is 0 Å². The molecule has 14 heteroatoms. The third-order valence-corrected chi connectivity index (χ3v) is 6.47. The monoisotopic (exact) mass is 528 g/mol. The Hall–Kier alpha value is -3.03. The van der Waals surface area contributed by atoms with Crippen LogP contribution in [0.5, 0.6) is 0 Å². The van der Waals surface area contributed by atoms with E-state index in [1.807, 2.05) is 12.1 Å². The van der Waals surface area contributed by atoms with Gasteiger partial charge < -0.3 is 25.1 Å². The van der Waals surface area contributed by atoms with E-state index < -0.39 is 12.1 Å². The predicted molar refractivity (Wildman–Crippen MR) is 125 cm³/mol. The molecule has 1 aliphatic heterocycles. The minimum absolute atomic E-state index is 0.148. The van der Waals surface area contributed by atoms with Crippen LogP contribution in [0.1, 0.15) is 19.0 Å². The highest BCUT2D eigenvalue weighted by atomic mass is 35.5. The van der Waals surface area contributed by atoms with Crippen LogP contribution in [0.15, 0.2) is 39.1 Å². The molecule has 0 spiro atoms. The van der Waals surface area contributed by atoms with Gasteiger partial charge >= 0.3 is 12.1 Å². The van der Waals surface area contributed by atoms with Gasteiger partial charge in [0, 0.05) is 42.0 Å². The summed E-state index contributed by atoms with van der Waals surface area (Å²) in [5.41, 5.74) is 9.42. The van der Waals surface area contributed by atoms with E-state index in [0.29, 0.717) is 10.2 Å². The summed E-state index contributed by atoms with van der Waals surface area (Å²) in [5.74, 6) is -1.92. The summed E-state index contributed by atoms with van der Waals surface area (Å²) >= 11 is 8.10. The van der Waals surface area contributed by atoms with E-state index >= 15 is 0 Å². The van der Waals surface area contributed by atoms with E-state index in [1.54, 1.807) is 12.5 Å². The summed E-state index contributed by atoms with van der Waals surface area (Å²) in [7, 11) is 0. The Bertz CT molecular complexity index is 1380. The molecule has 186 valence electrons. The van der Waals surface area contributed by atoms with Crippen LogP contribution in [0, 0.1) is 0 Å². The summed E-state index contributed by atoms with van der Waals surface area (Å²) in [5, 5.41) is 9.33. The molecule has 0 amide bonds. The third-order valence-electron chi connectivity index (χ3n) is 5.23. The number of alkyl halides is 3. The number of H-pyrrole nitrogens is 1. The number of halogens is 4. The number of aromatic amines is 1. The Labute approximate surface area is 205 Å². The van der Waals surface area contributed by atoms with Crippen LogP contribution in [0.3, 0.4) is 0 Å². The first-order chi connectivity index (χ1) is 16.6. The SMILES string of the molecule is CCc1[nH]c2nc(Sc3cnc4ccoc4c3)nc(N3CCC(N)C3)c2c1Cl.O=C(O)C(F)(F)F. The van der Waals surface area contributed by atoms with E-state index in [2.05, 4.69) is 21.8 Å². The molecule has 5 rings (SSSR count). The standard InChI is InChI=1S/C19H19ClN6OS.C2HF3O2/c1-2-12-16(20)15-17(23-12)24-19(25-18(15)26-5-3-10(21)9-26)28-11-7-14-13(22-8-11)4-6-27-14;3-2(4,5)1(6)7/h4,6-8,10H,2-3,5,9,21H2,1H3,(H,23,24,25);(H,6,7). The third kappa shape index (κ3) is 5.46. The van der Waals surface area contributed by atoms with Gasteiger partial charge in [0.05, 0.1) is 16.7 Å². The fraction of sp³-hybridized carbons (Fsp3) is 0.333. The molecule has 1 unspecified atom stereocenters. The number of furan rings is 1. The summed E-state index contributed by atoms with van der Waals surface area (Å²) in [6.45, 7) is 3.69. The number of carbonyl (C=O) groups is 1. The smallest absolute Gasteiger partial charge is 0.475 e. The number of nitrogens with one attached hydrogen (secondary N) is 1. The number of hydrogen-bond donors (Lipinski definition) is 3. The Morgan fingerprint density at radius 2 is 2.17 bits per heavy atom. The van der Waals surface area contributed by atoms with Crippen molar-refractivity contribution in [3.05, 3.63) is 35.3 Å². The van der Waals surface area contributed by atoms with Gasteiger partial charge in [-0.15, -0.1) is 0 Å². The lowest BCUT2D eigenvalue weighted by atomic mass is 10.3. The first-order valence-corrected chi connectivity index (χ1v) is 11.7. The number of hydrogen-bond acceptors (Lipinski definition) is 8. The van der Waals surface area contributed by atoms with Gasteiger partial charge in [0.15, 0.2) is 10.7 Å². The number of anilines is 1. The topological polar surface area (TPSA) is 134 Å². The minimum Gasteiger partial charge on any atom is -0.475 e. The summed E-state index contributed by atoms with van der Waals surface area (Å²) in [4.78, 5) is 29.3.